The molecule has 1 saturated heterocycles. The quantitative estimate of drug-likeness (QED) is 0.909. The lowest BCUT2D eigenvalue weighted by molar-refractivity contribution is 0.202. The van der Waals surface area contributed by atoms with E-state index in [-0.39, 0.29) is 6.04 Å². The first kappa shape index (κ1) is 16.5. The van der Waals surface area contributed by atoms with Gasteiger partial charge in [-0.05, 0) is 43.9 Å². The minimum absolute atomic E-state index is 0.0657. The highest BCUT2D eigenvalue weighted by atomic mass is 32.2. The molecule has 2 rings (SSSR count). The van der Waals surface area contributed by atoms with Crippen LogP contribution >= 0.6 is 0 Å². The van der Waals surface area contributed by atoms with Gasteiger partial charge in [0.15, 0.2) is 0 Å². The Balaban J connectivity index is 2.35. The SMILES string of the molecule is CCNCc1ccccc1S(=O)(=O)N1CCCC(C)C1C. The summed E-state index contributed by atoms with van der Waals surface area (Å²) in [6.07, 6.45) is 2.05. The Morgan fingerprint density at radius 3 is 2.71 bits per heavy atom. The number of nitrogens with zero attached hydrogens (tertiary/aromatic N) is 1. The monoisotopic (exact) mass is 310 g/mol. The van der Waals surface area contributed by atoms with Crippen molar-refractivity contribution in [2.45, 2.75) is 51.1 Å². The van der Waals surface area contributed by atoms with Crippen LogP contribution in [-0.2, 0) is 16.6 Å². The van der Waals surface area contributed by atoms with Gasteiger partial charge in [-0.25, -0.2) is 8.42 Å². The number of sulfonamides is 1. The summed E-state index contributed by atoms with van der Waals surface area (Å²) in [5, 5.41) is 3.22. The van der Waals surface area contributed by atoms with Crippen molar-refractivity contribution in [2.75, 3.05) is 13.1 Å². The van der Waals surface area contributed by atoms with Crippen molar-refractivity contribution in [3.8, 4) is 0 Å². The van der Waals surface area contributed by atoms with Gasteiger partial charge in [0.1, 0.15) is 0 Å². The molecule has 2 unspecified atom stereocenters. The van der Waals surface area contributed by atoms with E-state index in [1.165, 1.54) is 0 Å². The van der Waals surface area contributed by atoms with Crippen LogP contribution < -0.4 is 5.32 Å². The van der Waals surface area contributed by atoms with Gasteiger partial charge in [0.2, 0.25) is 10.0 Å². The second kappa shape index (κ2) is 6.90. The average molecular weight is 310 g/mol. The van der Waals surface area contributed by atoms with E-state index in [4.69, 9.17) is 0 Å². The first-order valence-electron chi connectivity index (χ1n) is 7.79. The first-order chi connectivity index (χ1) is 9.98. The maximum absolute atomic E-state index is 13.0. The topological polar surface area (TPSA) is 49.4 Å². The van der Waals surface area contributed by atoms with Crippen LogP contribution in [0, 0.1) is 5.92 Å². The Labute approximate surface area is 128 Å². The first-order valence-corrected chi connectivity index (χ1v) is 9.23. The standard InChI is InChI=1S/C16H26N2O2S/c1-4-17-12-15-9-5-6-10-16(15)21(19,20)18-11-7-8-13(2)14(18)3/h5-6,9-10,13-14,17H,4,7-8,11-12H2,1-3H3. The highest BCUT2D eigenvalue weighted by Crippen LogP contribution is 2.30. The fourth-order valence-electron chi connectivity index (χ4n) is 2.92. The molecule has 1 fully saturated rings. The lowest BCUT2D eigenvalue weighted by Crippen LogP contribution is -2.46. The third-order valence-corrected chi connectivity index (χ3v) is 6.53. The lowest BCUT2D eigenvalue weighted by atomic mass is 9.94. The predicted molar refractivity (Wildman–Crippen MR) is 85.6 cm³/mol. The number of benzene rings is 1. The van der Waals surface area contributed by atoms with Crippen LogP contribution in [0.25, 0.3) is 0 Å². The van der Waals surface area contributed by atoms with E-state index in [2.05, 4.69) is 12.2 Å². The molecule has 2 atom stereocenters. The third kappa shape index (κ3) is 3.47. The summed E-state index contributed by atoms with van der Waals surface area (Å²) in [6, 6.07) is 7.39. The maximum atomic E-state index is 13.0. The molecule has 1 heterocycles. The molecule has 1 aromatic rings. The Bertz CT molecular complexity index is 571. The van der Waals surface area contributed by atoms with Crippen molar-refractivity contribution >= 4 is 10.0 Å². The molecule has 118 valence electrons. The summed E-state index contributed by atoms with van der Waals surface area (Å²) in [6.45, 7) is 8.22. The summed E-state index contributed by atoms with van der Waals surface area (Å²) in [5.41, 5.74) is 0.852. The predicted octanol–water partition coefficient (Wildman–Crippen LogP) is 2.61. The van der Waals surface area contributed by atoms with E-state index in [0.29, 0.717) is 23.9 Å². The average Bonchev–Trinajstić information content (AvgIpc) is 2.48. The van der Waals surface area contributed by atoms with Crippen molar-refractivity contribution in [2.24, 2.45) is 5.92 Å². The van der Waals surface area contributed by atoms with Gasteiger partial charge < -0.3 is 5.32 Å². The molecule has 0 aromatic heterocycles. The van der Waals surface area contributed by atoms with Crippen LogP contribution in [0.1, 0.15) is 39.2 Å². The second-order valence-corrected chi connectivity index (χ2v) is 7.72. The van der Waals surface area contributed by atoms with Crippen LogP contribution in [0.15, 0.2) is 29.2 Å². The van der Waals surface area contributed by atoms with E-state index >= 15 is 0 Å². The van der Waals surface area contributed by atoms with Gasteiger partial charge in [0.25, 0.3) is 0 Å². The Hall–Kier alpha value is -0.910. The van der Waals surface area contributed by atoms with Crippen LogP contribution in [-0.4, -0.2) is 31.9 Å². The molecule has 0 amide bonds. The minimum Gasteiger partial charge on any atom is -0.313 e. The molecule has 1 aliphatic rings. The molecule has 21 heavy (non-hydrogen) atoms. The molecule has 1 N–H and O–H groups in total. The van der Waals surface area contributed by atoms with Crippen molar-refractivity contribution in [1.29, 1.82) is 0 Å². The zero-order valence-corrected chi connectivity index (χ0v) is 14.0. The van der Waals surface area contributed by atoms with Crippen LogP contribution in [0.3, 0.4) is 0 Å². The number of rotatable bonds is 5. The Kier molecular flexibility index (Phi) is 5.41. The molecule has 4 nitrogen and oxygen atoms in total. The fourth-order valence-corrected chi connectivity index (χ4v) is 4.91. The van der Waals surface area contributed by atoms with Crippen LogP contribution in [0.4, 0.5) is 0 Å². The molecule has 0 bridgehead atoms. The van der Waals surface area contributed by atoms with E-state index in [9.17, 15) is 8.42 Å². The van der Waals surface area contributed by atoms with Gasteiger partial charge in [-0.3, -0.25) is 0 Å². The van der Waals surface area contributed by atoms with Crippen molar-refractivity contribution in [1.82, 2.24) is 9.62 Å². The molecule has 0 radical (unpaired) electrons. The molecular formula is C16H26N2O2S. The Morgan fingerprint density at radius 1 is 1.29 bits per heavy atom. The largest absolute Gasteiger partial charge is 0.313 e. The summed E-state index contributed by atoms with van der Waals surface area (Å²) in [4.78, 5) is 0.451. The zero-order valence-electron chi connectivity index (χ0n) is 13.2. The van der Waals surface area contributed by atoms with Crippen LogP contribution in [0.5, 0.6) is 0 Å². The normalized spacial score (nSPS) is 24.1. The van der Waals surface area contributed by atoms with Gasteiger partial charge in [-0.2, -0.15) is 4.31 Å². The summed E-state index contributed by atoms with van der Waals surface area (Å²) < 4.78 is 27.7. The van der Waals surface area contributed by atoms with Crippen molar-refractivity contribution in [3.63, 3.8) is 0 Å². The number of piperidine rings is 1. The Morgan fingerprint density at radius 2 is 2.00 bits per heavy atom. The van der Waals surface area contributed by atoms with Crippen LogP contribution in [0.2, 0.25) is 0 Å². The number of hydrogen-bond acceptors (Lipinski definition) is 3. The maximum Gasteiger partial charge on any atom is 0.243 e. The zero-order chi connectivity index (χ0) is 15.5. The highest BCUT2D eigenvalue weighted by Gasteiger charge is 2.35. The highest BCUT2D eigenvalue weighted by molar-refractivity contribution is 7.89. The van der Waals surface area contributed by atoms with Gasteiger partial charge in [-0.15, -0.1) is 0 Å². The molecular weight excluding hydrogens is 284 g/mol. The number of hydrogen-bond donors (Lipinski definition) is 1. The summed E-state index contributed by atoms with van der Waals surface area (Å²) in [7, 11) is -3.41. The van der Waals surface area contributed by atoms with E-state index in [1.54, 1.807) is 16.4 Å². The molecule has 5 heteroatoms. The van der Waals surface area contributed by atoms with E-state index < -0.39 is 10.0 Å². The third-order valence-electron chi connectivity index (χ3n) is 4.44. The lowest BCUT2D eigenvalue weighted by Gasteiger charge is -2.37. The summed E-state index contributed by atoms with van der Waals surface area (Å²) in [5.74, 6) is 0.412. The van der Waals surface area contributed by atoms with Crippen molar-refractivity contribution in [3.05, 3.63) is 29.8 Å². The minimum atomic E-state index is -3.41. The van der Waals surface area contributed by atoms with Gasteiger partial charge in [0.05, 0.1) is 4.90 Å². The van der Waals surface area contributed by atoms with Gasteiger partial charge in [-0.1, -0.05) is 32.0 Å². The molecule has 0 aliphatic carbocycles. The van der Waals surface area contributed by atoms with Crippen molar-refractivity contribution < 1.29 is 8.42 Å². The molecule has 1 aromatic carbocycles. The van der Waals surface area contributed by atoms with Gasteiger partial charge in [0, 0.05) is 19.1 Å². The molecule has 1 aliphatic heterocycles. The van der Waals surface area contributed by atoms with E-state index in [0.717, 1.165) is 24.9 Å². The molecule has 0 spiro atoms. The number of nitrogens with one attached hydrogen (secondary N) is 1. The smallest absolute Gasteiger partial charge is 0.243 e. The van der Waals surface area contributed by atoms with Gasteiger partial charge >= 0.3 is 0 Å². The second-order valence-electron chi connectivity index (χ2n) is 5.86. The molecule has 0 saturated carbocycles. The van der Waals surface area contributed by atoms with E-state index in [1.807, 2.05) is 26.0 Å². The summed E-state index contributed by atoms with van der Waals surface area (Å²) >= 11 is 0. The fraction of sp³-hybridized carbons (Fsp3) is 0.625.